The van der Waals surface area contributed by atoms with Crippen LogP contribution in [0.2, 0.25) is 0 Å². The summed E-state index contributed by atoms with van der Waals surface area (Å²) in [6.07, 6.45) is 7.54. The Morgan fingerprint density at radius 1 is 1.12 bits per heavy atom. The molecule has 0 N–H and O–H groups in total. The highest BCUT2D eigenvalue weighted by atomic mass is 15.1. The molecule has 0 heterocycles. The minimum atomic E-state index is 0.194. The van der Waals surface area contributed by atoms with Crippen molar-refractivity contribution in [1.29, 1.82) is 0 Å². The topological polar surface area (TPSA) is 3.24 Å². The van der Waals surface area contributed by atoms with Gasteiger partial charge in [-0.2, -0.15) is 0 Å². The van der Waals surface area contributed by atoms with E-state index in [9.17, 15) is 0 Å². The maximum Gasteiger partial charge on any atom is 0.0411 e. The van der Waals surface area contributed by atoms with Crippen LogP contribution in [0, 0.1) is 26.2 Å². The lowest BCUT2D eigenvalue weighted by molar-refractivity contribution is 0.515. The lowest BCUT2D eigenvalue weighted by atomic mass is 9.85. The Bertz CT molecular complexity index is 615. The van der Waals surface area contributed by atoms with Crippen LogP contribution in [0.3, 0.4) is 0 Å². The highest BCUT2D eigenvalue weighted by molar-refractivity contribution is 5.55. The summed E-state index contributed by atoms with van der Waals surface area (Å²) in [5, 5.41) is 0. The highest BCUT2D eigenvalue weighted by Crippen LogP contribution is 2.28. The SMILES string of the molecule is C=CN(CC/C(C)=C/C(=C\C)C(C)(C)C)c1cc(C)c(C)c(C)c1. The number of allylic oxidation sites excluding steroid dienone is 3. The third kappa shape index (κ3) is 5.40. The fourth-order valence-corrected chi connectivity index (χ4v) is 2.87. The Morgan fingerprint density at radius 3 is 2.08 bits per heavy atom. The summed E-state index contributed by atoms with van der Waals surface area (Å²) in [7, 11) is 0. The van der Waals surface area contributed by atoms with Crippen molar-refractivity contribution >= 4 is 5.69 Å². The summed E-state index contributed by atoms with van der Waals surface area (Å²) in [6, 6.07) is 4.52. The van der Waals surface area contributed by atoms with Crippen LogP contribution in [-0.4, -0.2) is 6.54 Å². The van der Waals surface area contributed by atoms with Gasteiger partial charge in [-0.3, -0.25) is 0 Å². The van der Waals surface area contributed by atoms with Gasteiger partial charge in [-0.05, 0) is 87.1 Å². The first-order chi connectivity index (χ1) is 11.1. The molecule has 0 unspecified atom stereocenters. The zero-order valence-corrected chi connectivity index (χ0v) is 17.0. The lowest BCUT2D eigenvalue weighted by Gasteiger charge is -2.24. The molecule has 0 saturated carbocycles. The molecule has 0 atom stereocenters. The molecule has 0 fully saturated rings. The lowest BCUT2D eigenvalue weighted by Crippen LogP contribution is -2.18. The minimum absolute atomic E-state index is 0.194. The van der Waals surface area contributed by atoms with Gasteiger partial charge in [-0.15, -0.1) is 0 Å². The largest absolute Gasteiger partial charge is 0.348 e. The minimum Gasteiger partial charge on any atom is -0.348 e. The van der Waals surface area contributed by atoms with Crippen LogP contribution in [0.25, 0.3) is 0 Å². The van der Waals surface area contributed by atoms with E-state index < -0.39 is 0 Å². The van der Waals surface area contributed by atoms with Crippen LogP contribution >= 0.6 is 0 Å². The smallest absolute Gasteiger partial charge is 0.0411 e. The summed E-state index contributed by atoms with van der Waals surface area (Å²) in [4.78, 5) is 2.25. The summed E-state index contributed by atoms with van der Waals surface area (Å²) in [6.45, 7) is 22.6. The van der Waals surface area contributed by atoms with E-state index >= 15 is 0 Å². The molecule has 1 aromatic rings. The molecule has 0 aromatic heterocycles. The molecule has 0 aliphatic rings. The Hall–Kier alpha value is -1.76. The first-order valence-electron chi connectivity index (χ1n) is 8.91. The van der Waals surface area contributed by atoms with Gasteiger partial charge in [0.25, 0.3) is 0 Å². The zero-order valence-electron chi connectivity index (χ0n) is 17.0. The third-order valence-electron chi connectivity index (χ3n) is 4.79. The molecule has 132 valence electrons. The number of hydrogen-bond donors (Lipinski definition) is 0. The average Bonchev–Trinajstić information content (AvgIpc) is 2.49. The van der Waals surface area contributed by atoms with Gasteiger partial charge in [0.05, 0.1) is 0 Å². The number of rotatable bonds is 6. The van der Waals surface area contributed by atoms with E-state index in [0.717, 1.165) is 13.0 Å². The summed E-state index contributed by atoms with van der Waals surface area (Å²) < 4.78 is 0. The van der Waals surface area contributed by atoms with Gasteiger partial charge >= 0.3 is 0 Å². The number of hydrogen-bond acceptors (Lipinski definition) is 1. The van der Waals surface area contributed by atoms with Crippen LogP contribution in [0.1, 0.15) is 57.7 Å². The molecule has 1 aromatic carbocycles. The second-order valence-electron chi connectivity index (χ2n) is 7.82. The van der Waals surface area contributed by atoms with Crippen molar-refractivity contribution in [3.05, 3.63) is 64.9 Å². The number of aryl methyl sites for hydroxylation is 2. The average molecular weight is 326 g/mol. The third-order valence-corrected chi connectivity index (χ3v) is 4.79. The van der Waals surface area contributed by atoms with Crippen molar-refractivity contribution in [2.75, 3.05) is 11.4 Å². The van der Waals surface area contributed by atoms with Crippen molar-refractivity contribution in [2.45, 2.75) is 61.8 Å². The molecule has 1 heteroatoms. The molecular formula is C23H35N. The summed E-state index contributed by atoms with van der Waals surface area (Å²) in [5.74, 6) is 0. The second kappa shape index (κ2) is 8.37. The van der Waals surface area contributed by atoms with Gasteiger partial charge < -0.3 is 4.90 Å². The van der Waals surface area contributed by atoms with Crippen LogP contribution in [0.4, 0.5) is 5.69 Å². The van der Waals surface area contributed by atoms with Gasteiger partial charge in [-0.1, -0.05) is 45.1 Å². The predicted octanol–water partition coefficient (Wildman–Crippen LogP) is 6.89. The van der Waals surface area contributed by atoms with E-state index in [4.69, 9.17) is 0 Å². The van der Waals surface area contributed by atoms with E-state index in [2.05, 4.69) is 91.2 Å². The Balaban J connectivity index is 2.89. The van der Waals surface area contributed by atoms with Crippen LogP contribution in [0.5, 0.6) is 0 Å². The monoisotopic (exact) mass is 325 g/mol. The fraction of sp³-hybridized carbons (Fsp3) is 0.478. The van der Waals surface area contributed by atoms with E-state index in [0.29, 0.717) is 0 Å². The first kappa shape index (κ1) is 20.3. The van der Waals surface area contributed by atoms with Crippen molar-refractivity contribution < 1.29 is 0 Å². The molecule has 0 amide bonds. The fourth-order valence-electron chi connectivity index (χ4n) is 2.87. The molecule has 0 aliphatic carbocycles. The molecule has 24 heavy (non-hydrogen) atoms. The van der Waals surface area contributed by atoms with E-state index in [1.54, 1.807) is 0 Å². The van der Waals surface area contributed by atoms with Crippen molar-refractivity contribution in [3.8, 4) is 0 Å². The van der Waals surface area contributed by atoms with E-state index in [-0.39, 0.29) is 5.41 Å². The summed E-state index contributed by atoms with van der Waals surface area (Å²) >= 11 is 0. The standard InChI is InChI=1S/C23H35N/c1-10-21(23(7,8)9)14-17(3)12-13-24(11-2)22-15-18(4)20(6)19(5)16-22/h10-11,14-16H,2,12-13H2,1,3-9H3/b17-14+,21-10+. The molecule has 1 nitrogen and oxygen atoms in total. The van der Waals surface area contributed by atoms with Crippen molar-refractivity contribution in [1.82, 2.24) is 0 Å². The predicted molar refractivity (Wildman–Crippen MR) is 110 cm³/mol. The second-order valence-corrected chi connectivity index (χ2v) is 7.82. The Kier molecular flexibility index (Phi) is 7.08. The molecule has 0 radical (unpaired) electrons. The Morgan fingerprint density at radius 2 is 1.67 bits per heavy atom. The number of benzene rings is 1. The maximum absolute atomic E-state index is 4.01. The van der Waals surface area contributed by atoms with Crippen molar-refractivity contribution in [2.24, 2.45) is 5.41 Å². The van der Waals surface area contributed by atoms with Gasteiger partial charge in [-0.25, -0.2) is 0 Å². The quantitative estimate of drug-likeness (QED) is 0.515. The van der Waals surface area contributed by atoms with Gasteiger partial charge in [0.15, 0.2) is 0 Å². The normalized spacial score (nSPS) is 13.2. The zero-order chi connectivity index (χ0) is 18.5. The Labute approximate surface area is 149 Å². The summed E-state index contributed by atoms with van der Waals surface area (Å²) in [5.41, 5.74) is 8.29. The van der Waals surface area contributed by atoms with Crippen LogP contribution in [-0.2, 0) is 0 Å². The molecule has 0 bridgehead atoms. The maximum atomic E-state index is 4.01. The highest BCUT2D eigenvalue weighted by Gasteiger charge is 2.14. The molecule has 0 aliphatic heterocycles. The molecule has 0 saturated heterocycles. The number of nitrogens with zero attached hydrogens (tertiary/aromatic N) is 1. The molecular weight excluding hydrogens is 290 g/mol. The van der Waals surface area contributed by atoms with Crippen LogP contribution in [0.15, 0.2) is 48.2 Å². The van der Waals surface area contributed by atoms with E-state index in [1.165, 1.54) is 33.5 Å². The van der Waals surface area contributed by atoms with E-state index in [1.807, 2.05) is 6.20 Å². The number of anilines is 1. The van der Waals surface area contributed by atoms with Crippen LogP contribution < -0.4 is 4.90 Å². The van der Waals surface area contributed by atoms with Gasteiger partial charge in [0.2, 0.25) is 0 Å². The first-order valence-corrected chi connectivity index (χ1v) is 8.91. The molecule has 1 rings (SSSR count). The van der Waals surface area contributed by atoms with Gasteiger partial charge in [0.1, 0.15) is 0 Å². The van der Waals surface area contributed by atoms with Gasteiger partial charge in [0, 0.05) is 12.2 Å². The van der Waals surface area contributed by atoms with Crippen molar-refractivity contribution in [3.63, 3.8) is 0 Å². The molecule has 0 spiro atoms.